The van der Waals surface area contributed by atoms with Crippen LogP contribution in [0.25, 0.3) is 0 Å². The fraction of sp³-hybridized carbons (Fsp3) is 0.571. The zero-order valence-electron chi connectivity index (χ0n) is 6.81. The van der Waals surface area contributed by atoms with Gasteiger partial charge in [0, 0.05) is 31.1 Å². The molecule has 0 aliphatic rings. The van der Waals surface area contributed by atoms with Crippen LogP contribution in [-0.2, 0) is 0 Å². The van der Waals surface area contributed by atoms with Crippen molar-refractivity contribution in [2.24, 2.45) is 10.7 Å². The van der Waals surface area contributed by atoms with Crippen molar-refractivity contribution in [2.75, 3.05) is 20.6 Å². The molecule has 0 rings (SSSR count). The van der Waals surface area contributed by atoms with E-state index in [0.29, 0.717) is 0 Å². The maximum Gasteiger partial charge on any atom is 0.0373 e. The second-order valence-corrected chi connectivity index (χ2v) is 2.03. The van der Waals surface area contributed by atoms with E-state index in [1.54, 1.807) is 13.2 Å². The molecule has 0 radical (unpaired) electrons. The van der Waals surface area contributed by atoms with Crippen molar-refractivity contribution in [3.63, 3.8) is 0 Å². The van der Waals surface area contributed by atoms with Gasteiger partial charge in [-0.2, -0.15) is 0 Å². The minimum absolute atomic E-state index is 0.777. The fourth-order valence-electron chi connectivity index (χ4n) is 0.642. The first-order valence-electron chi connectivity index (χ1n) is 3.25. The zero-order chi connectivity index (χ0) is 7.98. The third-order valence-corrected chi connectivity index (χ3v) is 1.37. The van der Waals surface area contributed by atoms with Crippen LogP contribution < -0.4 is 11.1 Å². The molecule has 0 aliphatic carbocycles. The quantitative estimate of drug-likeness (QED) is 0.549. The lowest BCUT2D eigenvalue weighted by molar-refractivity contribution is 0.899. The Labute approximate surface area is 62.0 Å². The monoisotopic (exact) mass is 141 g/mol. The molecule has 0 fully saturated rings. The molecule has 0 heterocycles. The third kappa shape index (κ3) is 2.64. The standard InChI is InChI=1S/C7H15N3/c1-6(10-3)7(4-8)5-9-2/h4,9H,5,8H2,1-3H3/b7-4-,10-6?. The van der Waals surface area contributed by atoms with E-state index in [1.807, 2.05) is 14.0 Å². The van der Waals surface area contributed by atoms with E-state index >= 15 is 0 Å². The minimum atomic E-state index is 0.777. The summed E-state index contributed by atoms with van der Waals surface area (Å²) >= 11 is 0. The Morgan fingerprint density at radius 3 is 2.60 bits per heavy atom. The summed E-state index contributed by atoms with van der Waals surface area (Å²) in [7, 11) is 3.64. The van der Waals surface area contributed by atoms with Gasteiger partial charge in [0.2, 0.25) is 0 Å². The molecular weight excluding hydrogens is 126 g/mol. The lowest BCUT2D eigenvalue weighted by Crippen LogP contribution is -2.16. The second kappa shape index (κ2) is 4.99. The molecular formula is C7H15N3. The molecule has 3 nitrogen and oxygen atoms in total. The molecule has 0 spiro atoms. The highest BCUT2D eigenvalue weighted by molar-refractivity contribution is 5.98. The molecule has 0 aromatic rings. The van der Waals surface area contributed by atoms with E-state index < -0.39 is 0 Å². The molecule has 10 heavy (non-hydrogen) atoms. The first-order valence-corrected chi connectivity index (χ1v) is 3.25. The van der Waals surface area contributed by atoms with Crippen LogP contribution >= 0.6 is 0 Å². The van der Waals surface area contributed by atoms with Crippen molar-refractivity contribution < 1.29 is 0 Å². The maximum absolute atomic E-state index is 5.35. The van der Waals surface area contributed by atoms with Gasteiger partial charge in [0.15, 0.2) is 0 Å². The predicted octanol–water partition coefficient (Wildman–Crippen LogP) is 0.139. The van der Waals surface area contributed by atoms with E-state index in [0.717, 1.165) is 17.8 Å². The summed E-state index contributed by atoms with van der Waals surface area (Å²) in [5.41, 5.74) is 7.38. The van der Waals surface area contributed by atoms with Crippen molar-refractivity contribution in [1.82, 2.24) is 5.32 Å². The van der Waals surface area contributed by atoms with Gasteiger partial charge >= 0.3 is 0 Å². The van der Waals surface area contributed by atoms with Crippen LogP contribution in [-0.4, -0.2) is 26.4 Å². The predicted molar refractivity (Wildman–Crippen MR) is 45.2 cm³/mol. The summed E-state index contributed by atoms with van der Waals surface area (Å²) in [5, 5.41) is 3.00. The van der Waals surface area contributed by atoms with Crippen LogP contribution in [0.1, 0.15) is 6.92 Å². The number of hydrogen-bond acceptors (Lipinski definition) is 3. The summed E-state index contributed by atoms with van der Waals surface area (Å²) in [4.78, 5) is 4.01. The van der Waals surface area contributed by atoms with Crippen molar-refractivity contribution in [3.05, 3.63) is 11.8 Å². The molecule has 0 unspecified atom stereocenters. The highest BCUT2D eigenvalue weighted by Crippen LogP contribution is 1.92. The third-order valence-electron chi connectivity index (χ3n) is 1.37. The van der Waals surface area contributed by atoms with Gasteiger partial charge in [-0.15, -0.1) is 0 Å². The number of nitrogens with zero attached hydrogens (tertiary/aromatic N) is 1. The number of aliphatic imine (C=N–C) groups is 1. The maximum atomic E-state index is 5.35. The SMILES string of the molecule is CN=C(C)/C(=C\N)CNC. The normalized spacial score (nSPS) is 13.9. The summed E-state index contributed by atoms with van der Waals surface area (Å²) in [6.45, 7) is 2.72. The highest BCUT2D eigenvalue weighted by atomic mass is 14.8. The molecule has 3 heteroatoms. The van der Waals surface area contributed by atoms with Crippen LogP contribution in [0, 0.1) is 0 Å². The average Bonchev–Trinajstić information content (AvgIpc) is 1.99. The van der Waals surface area contributed by atoms with Crippen LogP contribution in [0.5, 0.6) is 0 Å². The van der Waals surface area contributed by atoms with Crippen molar-refractivity contribution >= 4 is 5.71 Å². The van der Waals surface area contributed by atoms with Crippen molar-refractivity contribution in [2.45, 2.75) is 6.92 Å². The van der Waals surface area contributed by atoms with E-state index in [2.05, 4.69) is 10.3 Å². The summed E-state index contributed by atoms with van der Waals surface area (Å²) in [6, 6.07) is 0. The molecule has 0 saturated heterocycles. The number of likely N-dealkylation sites (N-methyl/N-ethyl adjacent to an activating group) is 1. The highest BCUT2D eigenvalue weighted by Gasteiger charge is 1.96. The Morgan fingerprint density at radius 1 is 1.70 bits per heavy atom. The van der Waals surface area contributed by atoms with Gasteiger partial charge in [0.1, 0.15) is 0 Å². The molecule has 0 atom stereocenters. The number of hydrogen-bond donors (Lipinski definition) is 2. The summed E-state index contributed by atoms with van der Waals surface area (Å²) in [6.07, 6.45) is 1.58. The molecule has 0 aliphatic heterocycles. The van der Waals surface area contributed by atoms with Gasteiger partial charge in [0.25, 0.3) is 0 Å². The first kappa shape index (κ1) is 9.17. The number of nitrogens with two attached hydrogens (primary N) is 1. The van der Waals surface area contributed by atoms with Crippen LogP contribution in [0.15, 0.2) is 16.8 Å². The lowest BCUT2D eigenvalue weighted by Gasteiger charge is -2.03. The van der Waals surface area contributed by atoms with Gasteiger partial charge in [-0.25, -0.2) is 0 Å². The summed E-state index contributed by atoms with van der Waals surface area (Å²) < 4.78 is 0. The first-order chi connectivity index (χ1) is 4.76. The molecule has 3 N–H and O–H groups in total. The fourth-order valence-corrected chi connectivity index (χ4v) is 0.642. The topological polar surface area (TPSA) is 50.4 Å². The minimum Gasteiger partial charge on any atom is -0.404 e. The second-order valence-electron chi connectivity index (χ2n) is 2.03. The van der Waals surface area contributed by atoms with Gasteiger partial charge < -0.3 is 11.1 Å². The van der Waals surface area contributed by atoms with Crippen molar-refractivity contribution in [1.29, 1.82) is 0 Å². The van der Waals surface area contributed by atoms with Gasteiger partial charge in [-0.05, 0) is 14.0 Å². The molecule has 58 valence electrons. The Hall–Kier alpha value is -0.830. The van der Waals surface area contributed by atoms with E-state index in [4.69, 9.17) is 5.73 Å². The van der Waals surface area contributed by atoms with E-state index in [-0.39, 0.29) is 0 Å². The largest absolute Gasteiger partial charge is 0.404 e. The Kier molecular flexibility index (Phi) is 4.58. The van der Waals surface area contributed by atoms with Gasteiger partial charge in [-0.3, -0.25) is 4.99 Å². The van der Waals surface area contributed by atoms with Gasteiger partial charge in [0.05, 0.1) is 0 Å². The van der Waals surface area contributed by atoms with Crippen LogP contribution in [0.4, 0.5) is 0 Å². The van der Waals surface area contributed by atoms with E-state index in [1.165, 1.54) is 0 Å². The lowest BCUT2D eigenvalue weighted by atomic mass is 10.2. The number of nitrogens with one attached hydrogen (secondary N) is 1. The van der Waals surface area contributed by atoms with E-state index in [9.17, 15) is 0 Å². The Bertz CT molecular complexity index is 147. The molecule has 0 aromatic heterocycles. The Morgan fingerprint density at radius 2 is 2.30 bits per heavy atom. The molecule has 0 saturated carbocycles. The zero-order valence-corrected chi connectivity index (χ0v) is 6.81. The molecule has 0 amide bonds. The Balaban J connectivity index is 4.09. The van der Waals surface area contributed by atoms with Crippen molar-refractivity contribution in [3.8, 4) is 0 Å². The van der Waals surface area contributed by atoms with Gasteiger partial charge in [-0.1, -0.05) is 0 Å². The average molecular weight is 141 g/mol. The summed E-state index contributed by atoms with van der Waals surface area (Å²) in [5.74, 6) is 0. The molecule has 0 aromatic carbocycles. The van der Waals surface area contributed by atoms with Crippen LogP contribution in [0.2, 0.25) is 0 Å². The molecule has 0 bridgehead atoms. The van der Waals surface area contributed by atoms with Crippen LogP contribution in [0.3, 0.4) is 0 Å². The number of rotatable bonds is 3. The smallest absolute Gasteiger partial charge is 0.0373 e.